The lowest BCUT2D eigenvalue weighted by Gasteiger charge is -2.09. The zero-order chi connectivity index (χ0) is 15.1. The van der Waals surface area contributed by atoms with Crippen molar-refractivity contribution in [3.63, 3.8) is 0 Å². The summed E-state index contributed by atoms with van der Waals surface area (Å²) in [5, 5.41) is 12.3. The van der Waals surface area contributed by atoms with Gasteiger partial charge in [-0.3, -0.25) is 0 Å². The summed E-state index contributed by atoms with van der Waals surface area (Å²) >= 11 is 0. The number of nitrogens with one attached hydrogen (secondary N) is 1. The van der Waals surface area contributed by atoms with E-state index in [4.69, 9.17) is 4.74 Å². The first-order valence-electron chi connectivity index (χ1n) is 7.21. The number of nitrogens with zero attached hydrogens (tertiary/aromatic N) is 1. The Morgan fingerprint density at radius 2 is 1.81 bits per heavy atom. The van der Waals surface area contributed by atoms with E-state index in [1.807, 2.05) is 37.4 Å². The van der Waals surface area contributed by atoms with Crippen LogP contribution in [0.25, 0.3) is 0 Å². The van der Waals surface area contributed by atoms with Gasteiger partial charge in [-0.25, -0.2) is 0 Å². The van der Waals surface area contributed by atoms with E-state index in [2.05, 4.69) is 30.4 Å². The highest BCUT2D eigenvalue weighted by Crippen LogP contribution is 2.26. The average molecular weight is 280 g/mol. The van der Waals surface area contributed by atoms with Crippen LogP contribution < -0.4 is 10.1 Å². The third-order valence-corrected chi connectivity index (χ3v) is 3.24. The Bertz CT molecular complexity index is 627. The fourth-order valence-corrected chi connectivity index (χ4v) is 2.21. The van der Waals surface area contributed by atoms with Crippen molar-refractivity contribution in [1.82, 2.24) is 5.32 Å². The largest absolute Gasteiger partial charge is 0.456 e. The Morgan fingerprint density at radius 3 is 2.43 bits per heavy atom. The first-order chi connectivity index (χ1) is 10.3. The molecule has 21 heavy (non-hydrogen) atoms. The molecule has 0 bridgehead atoms. The van der Waals surface area contributed by atoms with E-state index in [-0.39, 0.29) is 0 Å². The summed E-state index contributed by atoms with van der Waals surface area (Å²) in [7, 11) is 1.88. The van der Waals surface area contributed by atoms with E-state index >= 15 is 0 Å². The second kappa shape index (κ2) is 7.47. The third kappa shape index (κ3) is 4.08. The van der Waals surface area contributed by atoms with Gasteiger partial charge in [0.15, 0.2) is 0 Å². The molecule has 3 nitrogen and oxygen atoms in total. The van der Waals surface area contributed by atoms with E-state index in [0.717, 1.165) is 30.7 Å². The van der Waals surface area contributed by atoms with Crippen molar-refractivity contribution in [2.45, 2.75) is 26.3 Å². The number of hydrogen-bond donors (Lipinski definition) is 1. The summed E-state index contributed by atoms with van der Waals surface area (Å²) in [6, 6.07) is 15.9. The van der Waals surface area contributed by atoms with E-state index < -0.39 is 0 Å². The molecule has 0 fully saturated rings. The molecule has 0 radical (unpaired) electrons. The van der Waals surface area contributed by atoms with Crippen molar-refractivity contribution < 1.29 is 4.74 Å². The van der Waals surface area contributed by atoms with Crippen LogP contribution in [0.15, 0.2) is 42.5 Å². The molecule has 0 aliphatic carbocycles. The molecule has 0 atom stereocenters. The molecule has 0 spiro atoms. The van der Waals surface area contributed by atoms with Crippen LogP contribution in [0.4, 0.5) is 0 Å². The van der Waals surface area contributed by atoms with Crippen LogP contribution in [-0.4, -0.2) is 7.05 Å². The van der Waals surface area contributed by atoms with Gasteiger partial charge in [0.05, 0.1) is 5.56 Å². The standard InChI is InChI=1S/C18H20N2O/c1-3-4-14-5-8-17(9-6-14)21-18-10-7-15(13-20-2)11-16(18)12-19/h5-11,20H,3-4,13H2,1-2H3. The lowest BCUT2D eigenvalue weighted by molar-refractivity contribution is 0.480. The molecule has 2 aromatic carbocycles. The fraction of sp³-hybridized carbons (Fsp3) is 0.278. The molecule has 0 amide bonds. The van der Waals surface area contributed by atoms with Gasteiger partial charge < -0.3 is 10.1 Å². The molecule has 2 aromatic rings. The molecule has 0 saturated heterocycles. The van der Waals surface area contributed by atoms with Crippen molar-refractivity contribution in [2.24, 2.45) is 0 Å². The quantitative estimate of drug-likeness (QED) is 0.869. The minimum Gasteiger partial charge on any atom is -0.456 e. The third-order valence-electron chi connectivity index (χ3n) is 3.24. The normalized spacial score (nSPS) is 10.1. The van der Waals surface area contributed by atoms with Gasteiger partial charge in [0, 0.05) is 6.54 Å². The fourth-order valence-electron chi connectivity index (χ4n) is 2.21. The number of benzene rings is 2. The lowest BCUT2D eigenvalue weighted by atomic mass is 10.1. The first kappa shape index (κ1) is 15.1. The Balaban J connectivity index is 2.17. The van der Waals surface area contributed by atoms with Crippen LogP contribution in [0.3, 0.4) is 0 Å². The molecule has 0 heterocycles. The number of ether oxygens (including phenoxy) is 1. The van der Waals surface area contributed by atoms with Crippen molar-refractivity contribution in [3.05, 3.63) is 59.2 Å². The zero-order valence-corrected chi connectivity index (χ0v) is 12.5. The predicted octanol–water partition coefficient (Wildman–Crippen LogP) is 4.02. The summed E-state index contributed by atoms with van der Waals surface area (Å²) < 4.78 is 5.82. The van der Waals surface area contributed by atoms with Crippen molar-refractivity contribution in [2.75, 3.05) is 7.05 Å². The second-order valence-electron chi connectivity index (χ2n) is 4.97. The molecular formula is C18H20N2O. The van der Waals surface area contributed by atoms with E-state index in [1.165, 1.54) is 5.56 Å². The van der Waals surface area contributed by atoms with Crippen molar-refractivity contribution in [1.29, 1.82) is 5.26 Å². The van der Waals surface area contributed by atoms with Crippen LogP contribution in [0.2, 0.25) is 0 Å². The van der Waals surface area contributed by atoms with Gasteiger partial charge in [0.1, 0.15) is 17.6 Å². The van der Waals surface area contributed by atoms with Gasteiger partial charge in [-0.05, 0) is 48.9 Å². The van der Waals surface area contributed by atoms with Crippen molar-refractivity contribution in [3.8, 4) is 17.6 Å². The van der Waals surface area contributed by atoms with Gasteiger partial charge in [0.2, 0.25) is 0 Å². The van der Waals surface area contributed by atoms with Gasteiger partial charge in [0.25, 0.3) is 0 Å². The van der Waals surface area contributed by atoms with Crippen LogP contribution in [-0.2, 0) is 13.0 Å². The summed E-state index contributed by atoms with van der Waals surface area (Å²) in [5.74, 6) is 1.35. The SMILES string of the molecule is CCCc1ccc(Oc2ccc(CNC)cc2C#N)cc1. The topological polar surface area (TPSA) is 45.0 Å². The number of hydrogen-bond acceptors (Lipinski definition) is 3. The maximum absolute atomic E-state index is 9.25. The monoisotopic (exact) mass is 280 g/mol. The number of nitriles is 1. The van der Waals surface area contributed by atoms with E-state index in [1.54, 1.807) is 0 Å². The molecule has 0 aliphatic rings. The van der Waals surface area contributed by atoms with E-state index in [9.17, 15) is 5.26 Å². The van der Waals surface area contributed by atoms with E-state index in [0.29, 0.717) is 11.3 Å². The molecule has 0 saturated carbocycles. The van der Waals surface area contributed by atoms with Gasteiger partial charge in [-0.1, -0.05) is 31.5 Å². The molecule has 2 rings (SSSR count). The van der Waals surface area contributed by atoms with Gasteiger partial charge in [-0.2, -0.15) is 5.26 Å². The number of rotatable bonds is 6. The minimum atomic E-state index is 0.556. The molecule has 0 aromatic heterocycles. The molecular weight excluding hydrogens is 260 g/mol. The summed E-state index contributed by atoms with van der Waals surface area (Å²) in [4.78, 5) is 0. The Hall–Kier alpha value is -2.31. The highest BCUT2D eigenvalue weighted by molar-refractivity contribution is 5.47. The molecule has 108 valence electrons. The summed E-state index contributed by atoms with van der Waals surface area (Å²) in [5.41, 5.74) is 2.93. The van der Waals surface area contributed by atoms with Crippen molar-refractivity contribution >= 4 is 0 Å². The Morgan fingerprint density at radius 1 is 1.10 bits per heavy atom. The summed E-state index contributed by atoms with van der Waals surface area (Å²) in [6.07, 6.45) is 2.20. The minimum absolute atomic E-state index is 0.556. The molecule has 1 N–H and O–H groups in total. The highest BCUT2D eigenvalue weighted by atomic mass is 16.5. The maximum Gasteiger partial charge on any atom is 0.145 e. The molecule has 0 aliphatic heterocycles. The van der Waals surface area contributed by atoms with Gasteiger partial charge in [-0.15, -0.1) is 0 Å². The Kier molecular flexibility index (Phi) is 5.36. The smallest absolute Gasteiger partial charge is 0.145 e. The van der Waals surface area contributed by atoms with Crippen LogP contribution in [0, 0.1) is 11.3 Å². The highest BCUT2D eigenvalue weighted by Gasteiger charge is 2.06. The Labute approximate surface area is 126 Å². The predicted molar refractivity (Wildman–Crippen MR) is 84.4 cm³/mol. The maximum atomic E-state index is 9.25. The second-order valence-corrected chi connectivity index (χ2v) is 4.97. The lowest BCUT2D eigenvalue weighted by Crippen LogP contribution is -2.05. The molecule has 0 unspecified atom stereocenters. The van der Waals surface area contributed by atoms with Gasteiger partial charge >= 0.3 is 0 Å². The summed E-state index contributed by atoms with van der Waals surface area (Å²) in [6.45, 7) is 2.90. The van der Waals surface area contributed by atoms with Crippen LogP contribution in [0.1, 0.15) is 30.0 Å². The molecule has 3 heteroatoms. The first-order valence-corrected chi connectivity index (χ1v) is 7.21. The zero-order valence-electron chi connectivity index (χ0n) is 12.5. The van der Waals surface area contributed by atoms with Crippen LogP contribution in [0.5, 0.6) is 11.5 Å². The number of aryl methyl sites for hydroxylation is 1. The van der Waals surface area contributed by atoms with Crippen LogP contribution >= 0.6 is 0 Å². The average Bonchev–Trinajstić information content (AvgIpc) is 2.51.